The van der Waals surface area contributed by atoms with Crippen molar-refractivity contribution in [2.45, 2.75) is 58.8 Å². The van der Waals surface area contributed by atoms with Crippen LogP contribution in [0.5, 0.6) is 5.75 Å². The van der Waals surface area contributed by atoms with Gasteiger partial charge in [-0.05, 0) is 69.1 Å². The standard InChI is InChI=1S/C26H34N2O2/c1-3-4-17-30-26-19(2)23(27-24-8-6-5-7-22(24)26)12-11-20-13-15-28(16-14-20)25(29)18-21-9-10-21/h5-8,11-12,20-21H,3-4,9-10,13-18H2,1-2H3/b12-11+. The molecule has 0 spiro atoms. The Kier molecular flexibility index (Phi) is 6.71. The lowest BCUT2D eigenvalue weighted by Crippen LogP contribution is -2.38. The molecular weight excluding hydrogens is 372 g/mol. The van der Waals surface area contributed by atoms with Crippen molar-refractivity contribution in [2.24, 2.45) is 11.8 Å². The number of aromatic nitrogens is 1. The number of benzene rings is 1. The van der Waals surface area contributed by atoms with Gasteiger partial charge in [-0.2, -0.15) is 0 Å². The van der Waals surface area contributed by atoms with Gasteiger partial charge in [0.15, 0.2) is 0 Å². The smallest absolute Gasteiger partial charge is 0.222 e. The Morgan fingerprint density at radius 3 is 2.70 bits per heavy atom. The minimum Gasteiger partial charge on any atom is -0.493 e. The van der Waals surface area contributed by atoms with Gasteiger partial charge >= 0.3 is 0 Å². The number of hydrogen-bond acceptors (Lipinski definition) is 3. The lowest BCUT2D eigenvalue weighted by atomic mass is 9.95. The minimum atomic E-state index is 0.362. The third-order valence-electron chi connectivity index (χ3n) is 6.44. The Morgan fingerprint density at radius 2 is 1.97 bits per heavy atom. The second-order valence-corrected chi connectivity index (χ2v) is 8.90. The quantitative estimate of drug-likeness (QED) is 0.522. The second-order valence-electron chi connectivity index (χ2n) is 8.90. The fourth-order valence-electron chi connectivity index (χ4n) is 4.23. The van der Waals surface area contributed by atoms with Gasteiger partial charge in [-0.1, -0.05) is 31.6 Å². The Hall–Kier alpha value is -2.36. The molecule has 1 aromatic heterocycles. The van der Waals surface area contributed by atoms with Crippen LogP contribution in [-0.2, 0) is 4.79 Å². The molecule has 1 saturated heterocycles. The van der Waals surface area contributed by atoms with Crippen molar-refractivity contribution in [1.29, 1.82) is 0 Å². The molecule has 4 nitrogen and oxygen atoms in total. The van der Waals surface area contributed by atoms with Gasteiger partial charge in [0.05, 0.1) is 17.8 Å². The summed E-state index contributed by atoms with van der Waals surface area (Å²) >= 11 is 0. The molecule has 1 amide bonds. The average molecular weight is 407 g/mol. The number of para-hydroxylation sites is 1. The molecule has 4 rings (SSSR count). The van der Waals surface area contributed by atoms with Crippen molar-refractivity contribution in [2.75, 3.05) is 19.7 Å². The Bertz CT molecular complexity index is 909. The molecule has 2 aliphatic rings. The maximum absolute atomic E-state index is 12.3. The highest BCUT2D eigenvalue weighted by Gasteiger charge is 2.28. The third kappa shape index (κ3) is 5.03. The molecule has 1 aromatic carbocycles. The van der Waals surface area contributed by atoms with Gasteiger partial charge in [-0.3, -0.25) is 4.79 Å². The number of ether oxygens (including phenoxy) is 1. The number of hydrogen-bond donors (Lipinski definition) is 0. The fourth-order valence-corrected chi connectivity index (χ4v) is 4.23. The number of pyridine rings is 1. The summed E-state index contributed by atoms with van der Waals surface area (Å²) in [7, 11) is 0. The molecular formula is C26H34N2O2. The predicted molar refractivity (Wildman–Crippen MR) is 123 cm³/mol. The minimum absolute atomic E-state index is 0.362. The molecule has 0 unspecified atom stereocenters. The van der Waals surface area contributed by atoms with E-state index in [-0.39, 0.29) is 0 Å². The number of nitrogens with zero attached hydrogens (tertiary/aromatic N) is 2. The van der Waals surface area contributed by atoms with E-state index in [2.05, 4.69) is 43.0 Å². The van der Waals surface area contributed by atoms with Crippen LogP contribution in [0.4, 0.5) is 0 Å². The monoisotopic (exact) mass is 406 g/mol. The maximum atomic E-state index is 12.3. The third-order valence-corrected chi connectivity index (χ3v) is 6.44. The number of piperidine rings is 1. The van der Waals surface area contributed by atoms with Crippen LogP contribution in [0.1, 0.15) is 63.1 Å². The summed E-state index contributed by atoms with van der Waals surface area (Å²) in [4.78, 5) is 19.3. The average Bonchev–Trinajstić information content (AvgIpc) is 3.58. The van der Waals surface area contributed by atoms with E-state index < -0.39 is 0 Å². The molecule has 1 saturated carbocycles. The van der Waals surface area contributed by atoms with E-state index in [9.17, 15) is 4.79 Å². The molecule has 30 heavy (non-hydrogen) atoms. The first kappa shape index (κ1) is 20.9. The highest BCUT2D eigenvalue weighted by Crippen LogP contribution is 2.34. The van der Waals surface area contributed by atoms with Crippen molar-refractivity contribution < 1.29 is 9.53 Å². The van der Waals surface area contributed by atoms with Gasteiger partial charge in [0, 0.05) is 30.5 Å². The van der Waals surface area contributed by atoms with Crippen molar-refractivity contribution in [3.05, 3.63) is 41.6 Å². The van der Waals surface area contributed by atoms with Crippen molar-refractivity contribution >= 4 is 22.9 Å². The summed E-state index contributed by atoms with van der Waals surface area (Å²) in [6.07, 6.45) is 12.0. The summed E-state index contributed by atoms with van der Waals surface area (Å²) in [6.45, 7) is 6.80. The Morgan fingerprint density at radius 1 is 1.20 bits per heavy atom. The SMILES string of the molecule is CCCCOc1c(C)c(/C=C/C2CCN(C(=O)CC3CC3)CC2)nc2ccccc12. The van der Waals surface area contributed by atoms with Gasteiger partial charge in [0.1, 0.15) is 5.75 Å². The van der Waals surface area contributed by atoms with E-state index in [0.717, 1.165) is 79.7 Å². The summed E-state index contributed by atoms with van der Waals surface area (Å²) in [6, 6.07) is 8.23. The first-order valence-corrected chi connectivity index (χ1v) is 11.6. The van der Waals surface area contributed by atoms with Gasteiger partial charge in [-0.15, -0.1) is 0 Å². The number of unbranched alkanes of at least 4 members (excludes halogenated alkanes) is 1. The number of likely N-dealkylation sites (tertiary alicyclic amines) is 1. The molecule has 0 radical (unpaired) electrons. The zero-order valence-corrected chi connectivity index (χ0v) is 18.4. The van der Waals surface area contributed by atoms with E-state index in [1.165, 1.54) is 12.8 Å². The molecule has 2 fully saturated rings. The van der Waals surface area contributed by atoms with E-state index in [4.69, 9.17) is 9.72 Å². The molecule has 0 N–H and O–H groups in total. The van der Waals surface area contributed by atoms with Crippen LogP contribution >= 0.6 is 0 Å². The summed E-state index contributed by atoms with van der Waals surface area (Å²) in [5.41, 5.74) is 3.08. The van der Waals surface area contributed by atoms with Crippen LogP contribution < -0.4 is 4.74 Å². The largest absolute Gasteiger partial charge is 0.493 e. The maximum Gasteiger partial charge on any atom is 0.222 e. The Balaban J connectivity index is 1.44. The molecule has 1 aliphatic carbocycles. The zero-order chi connectivity index (χ0) is 20.9. The summed E-state index contributed by atoms with van der Waals surface area (Å²) in [5, 5.41) is 1.09. The first-order valence-electron chi connectivity index (χ1n) is 11.6. The lowest BCUT2D eigenvalue weighted by molar-refractivity contribution is -0.132. The van der Waals surface area contributed by atoms with E-state index in [0.29, 0.717) is 17.7 Å². The van der Waals surface area contributed by atoms with E-state index in [1.807, 2.05) is 12.1 Å². The van der Waals surface area contributed by atoms with Crippen LogP contribution in [0.2, 0.25) is 0 Å². The van der Waals surface area contributed by atoms with Crippen molar-refractivity contribution in [3.63, 3.8) is 0 Å². The fraction of sp³-hybridized carbons (Fsp3) is 0.538. The van der Waals surface area contributed by atoms with Crippen molar-refractivity contribution in [3.8, 4) is 5.75 Å². The first-order chi connectivity index (χ1) is 14.7. The molecule has 4 heteroatoms. The highest BCUT2D eigenvalue weighted by atomic mass is 16.5. The second kappa shape index (κ2) is 9.63. The van der Waals surface area contributed by atoms with Gasteiger partial charge in [0.2, 0.25) is 5.91 Å². The number of carbonyl (C=O) groups is 1. The number of fused-ring (bicyclic) bond motifs is 1. The number of allylic oxidation sites excluding steroid dienone is 1. The topological polar surface area (TPSA) is 42.4 Å². The molecule has 1 aliphatic heterocycles. The van der Waals surface area contributed by atoms with Crippen LogP contribution in [-0.4, -0.2) is 35.5 Å². The highest BCUT2D eigenvalue weighted by molar-refractivity contribution is 5.88. The summed E-state index contributed by atoms with van der Waals surface area (Å²) < 4.78 is 6.18. The number of amides is 1. The molecule has 2 aromatic rings. The zero-order valence-electron chi connectivity index (χ0n) is 18.4. The van der Waals surface area contributed by atoms with Gasteiger partial charge in [0.25, 0.3) is 0 Å². The lowest BCUT2D eigenvalue weighted by Gasteiger charge is -2.31. The molecule has 0 bridgehead atoms. The Labute approximate surface area is 180 Å². The number of rotatable bonds is 8. The van der Waals surface area contributed by atoms with Gasteiger partial charge in [-0.25, -0.2) is 4.98 Å². The summed E-state index contributed by atoms with van der Waals surface area (Å²) in [5.74, 6) is 2.51. The normalized spacial score (nSPS) is 17.7. The van der Waals surface area contributed by atoms with Crippen LogP contribution in [0.15, 0.2) is 30.3 Å². The van der Waals surface area contributed by atoms with E-state index in [1.54, 1.807) is 0 Å². The molecule has 2 heterocycles. The van der Waals surface area contributed by atoms with Crippen LogP contribution in [0, 0.1) is 18.8 Å². The van der Waals surface area contributed by atoms with Gasteiger partial charge < -0.3 is 9.64 Å². The molecule has 160 valence electrons. The van der Waals surface area contributed by atoms with Crippen molar-refractivity contribution in [1.82, 2.24) is 9.88 Å². The van der Waals surface area contributed by atoms with E-state index >= 15 is 0 Å². The molecule has 0 atom stereocenters. The predicted octanol–water partition coefficient (Wildman–Crippen LogP) is 5.77. The van der Waals surface area contributed by atoms with Crippen LogP contribution in [0.25, 0.3) is 17.0 Å². The number of carbonyl (C=O) groups excluding carboxylic acids is 1. The van der Waals surface area contributed by atoms with Crippen LogP contribution in [0.3, 0.4) is 0 Å².